The summed E-state index contributed by atoms with van der Waals surface area (Å²) < 4.78 is 5.25. The van der Waals surface area contributed by atoms with E-state index >= 15 is 0 Å². The third kappa shape index (κ3) is 3.45. The Morgan fingerprint density at radius 3 is 2.78 bits per heavy atom. The summed E-state index contributed by atoms with van der Waals surface area (Å²) in [5, 5.41) is 3.00. The third-order valence-corrected chi connectivity index (χ3v) is 5.86. The molecule has 27 heavy (non-hydrogen) atoms. The first-order valence-electron chi connectivity index (χ1n) is 9.55. The van der Waals surface area contributed by atoms with Crippen molar-refractivity contribution >= 4 is 17.3 Å². The van der Waals surface area contributed by atoms with Crippen LogP contribution in [-0.2, 0) is 10.2 Å². The topological polar surface area (TPSA) is 44.8 Å². The highest BCUT2D eigenvalue weighted by molar-refractivity contribution is 6.04. The summed E-state index contributed by atoms with van der Waals surface area (Å²) in [6, 6.07) is 15.8. The zero-order chi connectivity index (χ0) is 18.9. The molecule has 0 bridgehead atoms. The second kappa shape index (κ2) is 7.33. The van der Waals surface area contributed by atoms with Gasteiger partial charge in [-0.2, -0.15) is 0 Å². The van der Waals surface area contributed by atoms with Gasteiger partial charge in [0.2, 0.25) is 0 Å². The molecule has 0 radical (unpaired) electrons. The summed E-state index contributed by atoms with van der Waals surface area (Å²) >= 11 is 0. The third-order valence-electron chi connectivity index (χ3n) is 5.86. The normalized spacial score (nSPS) is 21.6. The van der Waals surface area contributed by atoms with Gasteiger partial charge in [0, 0.05) is 56.1 Å². The Labute approximate surface area is 160 Å². The molecular weight excluding hydrogens is 338 g/mol. The van der Waals surface area contributed by atoms with Crippen LogP contribution in [0.4, 0.5) is 11.4 Å². The number of likely N-dealkylation sites (N-methyl/N-ethyl adjacent to an activating group) is 1. The van der Waals surface area contributed by atoms with Crippen LogP contribution in [0, 0.1) is 0 Å². The summed E-state index contributed by atoms with van der Waals surface area (Å²) in [5.41, 5.74) is 4.22. The zero-order valence-corrected chi connectivity index (χ0v) is 16.1. The van der Waals surface area contributed by atoms with E-state index in [2.05, 4.69) is 34.3 Å². The van der Waals surface area contributed by atoms with Crippen molar-refractivity contribution in [1.82, 2.24) is 4.90 Å². The highest BCUT2D eigenvalue weighted by Crippen LogP contribution is 2.46. The lowest BCUT2D eigenvalue weighted by molar-refractivity contribution is 0.102. The van der Waals surface area contributed by atoms with E-state index in [0.717, 1.165) is 50.5 Å². The summed E-state index contributed by atoms with van der Waals surface area (Å²) in [6.45, 7) is 4.84. The summed E-state index contributed by atoms with van der Waals surface area (Å²) in [7, 11) is 3.90. The van der Waals surface area contributed by atoms with Gasteiger partial charge in [0.1, 0.15) is 0 Å². The van der Waals surface area contributed by atoms with Gasteiger partial charge in [-0.05, 0) is 48.9 Å². The highest BCUT2D eigenvalue weighted by Gasteiger charge is 2.46. The van der Waals surface area contributed by atoms with Crippen LogP contribution in [0.3, 0.4) is 0 Å². The fourth-order valence-corrected chi connectivity index (χ4v) is 4.50. The number of hydrogen-bond donors (Lipinski definition) is 1. The molecule has 0 aliphatic carbocycles. The Morgan fingerprint density at radius 2 is 2.00 bits per heavy atom. The first-order chi connectivity index (χ1) is 13.1. The number of rotatable bonds is 5. The molecule has 1 saturated heterocycles. The van der Waals surface area contributed by atoms with Crippen LogP contribution in [0.5, 0.6) is 0 Å². The number of likely N-dealkylation sites (tertiary alicyclic amines) is 1. The number of nitrogens with one attached hydrogen (secondary N) is 1. The average molecular weight is 365 g/mol. The predicted molar refractivity (Wildman–Crippen MR) is 109 cm³/mol. The van der Waals surface area contributed by atoms with Gasteiger partial charge >= 0.3 is 0 Å². The number of methoxy groups -OCH3 is 1. The largest absolute Gasteiger partial charge is 0.383 e. The molecule has 5 nitrogen and oxygen atoms in total. The molecule has 0 aromatic heterocycles. The minimum absolute atomic E-state index is 0.0528. The first kappa shape index (κ1) is 18.0. The lowest BCUT2D eigenvalue weighted by Crippen LogP contribution is -2.36. The molecule has 1 unspecified atom stereocenters. The van der Waals surface area contributed by atoms with Crippen molar-refractivity contribution in [2.24, 2.45) is 0 Å². The Bertz CT molecular complexity index is 824. The van der Waals surface area contributed by atoms with Gasteiger partial charge in [0.25, 0.3) is 5.91 Å². The molecule has 0 saturated carbocycles. The molecule has 1 spiro atoms. The first-order valence-corrected chi connectivity index (χ1v) is 9.55. The van der Waals surface area contributed by atoms with Crippen LogP contribution >= 0.6 is 0 Å². The number of benzene rings is 2. The standard InChI is InChI=1S/C22H27N3O2/c1-24-15-22(10-11-25(16-22)12-13-27-2)19-14-17(8-9-20(19)24)21(26)23-18-6-4-3-5-7-18/h3-9,14H,10-13,15-16H2,1-2H3,(H,23,26). The highest BCUT2D eigenvalue weighted by atomic mass is 16.5. The molecule has 1 amide bonds. The lowest BCUT2D eigenvalue weighted by atomic mass is 9.81. The molecule has 1 fully saturated rings. The SMILES string of the molecule is COCCN1CCC2(C1)CN(C)c1ccc(C(=O)Nc3ccccc3)cc12. The molecule has 2 aliphatic heterocycles. The van der Waals surface area contributed by atoms with Crippen LogP contribution in [0.15, 0.2) is 48.5 Å². The van der Waals surface area contributed by atoms with Crippen molar-refractivity contribution in [3.8, 4) is 0 Å². The van der Waals surface area contributed by atoms with Gasteiger partial charge in [-0.1, -0.05) is 18.2 Å². The van der Waals surface area contributed by atoms with Crippen LogP contribution in [0.25, 0.3) is 0 Å². The van der Waals surface area contributed by atoms with Gasteiger partial charge in [0.15, 0.2) is 0 Å². The maximum absolute atomic E-state index is 12.8. The smallest absolute Gasteiger partial charge is 0.255 e. The van der Waals surface area contributed by atoms with Gasteiger partial charge in [-0.15, -0.1) is 0 Å². The fourth-order valence-electron chi connectivity index (χ4n) is 4.50. The van der Waals surface area contributed by atoms with E-state index in [-0.39, 0.29) is 11.3 Å². The molecule has 2 aliphatic rings. The molecule has 4 rings (SSSR count). The van der Waals surface area contributed by atoms with Crippen molar-refractivity contribution in [2.75, 3.05) is 57.2 Å². The molecule has 142 valence electrons. The van der Waals surface area contributed by atoms with Crippen molar-refractivity contribution in [2.45, 2.75) is 11.8 Å². The van der Waals surface area contributed by atoms with Crippen LogP contribution in [-0.4, -0.2) is 57.8 Å². The van der Waals surface area contributed by atoms with Crippen LogP contribution in [0.1, 0.15) is 22.3 Å². The summed E-state index contributed by atoms with van der Waals surface area (Å²) in [4.78, 5) is 17.6. The van der Waals surface area contributed by atoms with E-state index in [4.69, 9.17) is 4.74 Å². The Kier molecular flexibility index (Phi) is 4.89. The number of para-hydroxylation sites is 1. The monoisotopic (exact) mass is 365 g/mol. The number of nitrogens with zero attached hydrogens (tertiary/aromatic N) is 2. The van der Waals surface area contributed by atoms with Gasteiger partial charge in [-0.25, -0.2) is 0 Å². The zero-order valence-electron chi connectivity index (χ0n) is 16.1. The number of fused-ring (bicyclic) bond motifs is 2. The van der Waals surface area contributed by atoms with Gasteiger partial charge in [-0.3, -0.25) is 4.79 Å². The maximum atomic E-state index is 12.8. The Morgan fingerprint density at radius 1 is 1.19 bits per heavy atom. The van der Waals surface area contributed by atoms with Crippen LogP contribution in [0.2, 0.25) is 0 Å². The molecular formula is C22H27N3O2. The van der Waals surface area contributed by atoms with E-state index in [9.17, 15) is 4.79 Å². The summed E-state index contributed by atoms with van der Waals surface area (Å²) in [6.07, 6.45) is 1.12. The molecule has 2 aromatic carbocycles. The Hall–Kier alpha value is -2.37. The molecule has 2 aromatic rings. The van der Waals surface area contributed by atoms with Crippen molar-refractivity contribution < 1.29 is 9.53 Å². The predicted octanol–water partition coefficient (Wildman–Crippen LogP) is 2.98. The van der Waals surface area contributed by atoms with E-state index in [0.29, 0.717) is 0 Å². The average Bonchev–Trinajstić information content (AvgIpc) is 3.22. The number of carbonyl (C=O) groups excluding carboxylic acids is 1. The van der Waals surface area contributed by atoms with Crippen molar-refractivity contribution in [3.63, 3.8) is 0 Å². The Balaban J connectivity index is 1.58. The van der Waals surface area contributed by atoms with Crippen molar-refractivity contribution in [1.29, 1.82) is 0 Å². The maximum Gasteiger partial charge on any atom is 0.255 e. The second-order valence-electron chi connectivity index (χ2n) is 7.71. The van der Waals surface area contributed by atoms with E-state index in [1.165, 1.54) is 11.3 Å². The quantitative estimate of drug-likeness (QED) is 0.885. The number of carbonyl (C=O) groups is 1. The van der Waals surface area contributed by atoms with Crippen LogP contribution < -0.4 is 10.2 Å². The number of ether oxygens (including phenoxy) is 1. The lowest BCUT2D eigenvalue weighted by Gasteiger charge is -2.25. The minimum atomic E-state index is -0.0528. The fraction of sp³-hybridized carbons (Fsp3) is 0.409. The molecule has 2 heterocycles. The number of amides is 1. The summed E-state index contributed by atoms with van der Waals surface area (Å²) in [5.74, 6) is -0.0528. The second-order valence-corrected chi connectivity index (χ2v) is 7.71. The number of anilines is 2. The molecule has 1 N–H and O–H groups in total. The number of hydrogen-bond acceptors (Lipinski definition) is 4. The van der Waals surface area contributed by atoms with Gasteiger partial charge < -0.3 is 19.9 Å². The van der Waals surface area contributed by atoms with E-state index in [1.54, 1.807) is 7.11 Å². The minimum Gasteiger partial charge on any atom is -0.383 e. The molecule has 5 heteroatoms. The van der Waals surface area contributed by atoms with E-state index in [1.807, 2.05) is 36.4 Å². The van der Waals surface area contributed by atoms with Crippen molar-refractivity contribution in [3.05, 3.63) is 59.7 Å². The van der Waals surface area contributed by atoms with E-state index < -0.39 is 0 Å². The molecule has 1 atom stereocenters. The van der Waals surface area contributed by atoms with Gasteiger partial charge in [0.05, 0.1) is 6.61 Å².